The van der Waals surface area contributed by atoms with Crippen LogP contribution in [-0.4, -0.2) is 25.5 Å². The first-order valence-corrected chi connectivity index (χ1v) is 8.02. The first-order valence-electron chi connectivity index (χ1n) is 8.02. The first-order chi connectivity index (χ1) is 11.7. The van der Waals surface area contributed by atoms with Crippen LogP contribution in [0.4, 0.5) is 16.2 Å². The molecule has 1 aliphatic rings. The van der Waals surface area contributed by atoms with Crippen LogP contribution in [0.2, 0.25) is 0 Å². The van der Waals surface area contributed by atoms with Crippen molar-refractivity contribution >= 4 is 23.2 Å². The molecule has 1 N–H and O–H groups in total. The van der Waals surface area contributed by atoms with Gasteiger partial charge in [-0.1, -0.05) is 23.8 Å². The van der Waals surface area contributed by atoms with Gasteiger partial charge in [0.25, 0.3) is 0 Å². The maximum Gasteiger partial charge on any atom is 0.331 e. The number of benzene rings is 2. The Balaban J connectivity index is 1.87. The van der Waals surface area contributed by atoms with Gasteiger partial charge in [0.05, 0.1) is 12.8 Å². The summed E-state index contributed by atoms with van der Waals surface area (Å²) < 4.78 is 5.21. The number of methoxy groups -OCH3 is 1. The van der Waals surface area contributed by atoms with Gasteiger partial charge in [-0.3, -0.25) is 9.89 Å². The van der Waals surface area contributed by atoms with Gasteiger partial charge in [0.2, 0.25) is 0 Å². The number of rotatable bonds is 3. The molecule has 5 nitrogen and oxygen atoms in total. The number of hydrogen-bond donors (Lipinski definition) is 1. The van der Waals surface area contributed by atoms with E-state index in [1.54, 1.807) is 18.1 Å². The number of carbonyl (C=O) groups is 1. The van der Waals surface area contributed by atoms with Gasteiger partial charge < -0.3 is 10.1 Å². The monoisotopic (exact) mass is 323 g/mol. The van der Waals surface area contributed by atoms with E-state index in [2.05, 4.69) is 10.3 Å². The second kappa shape index (κ2) is 7.17. The van der Waals surface area contributed by atoms with Crippen LogP contribution in [0.1, 0.15) is 18.4 Å². The minimum absolute atomic E-state index is 0.215. The lowest BCUT2D eigenvalue weighted by atomic mass is 10.2. The lowest BCUT2D eigenvalue weighted by Crippen LogP contribution is -2.39. The molecule has 0 fully saturated rings. The molecule has 0 saturated carbocycles. The Bertz CT molecular complexity index is 753. The summed E-state index contributed by atoms with van der Waals surface area (Å²) in [6, 6.07) is 15.0. The van der Waals surface area contributed by atoms with Crippen molar-refractivity contribution in [3.63, 3.8) is 0 Å². The third-order valence-electron chi connectivity index (χ3n) is 3.93. The number of ether oxygens (including phenoxy) is 1. The summed E-state index contributed by atoms with van der Waals surface area (Å²) >= 11 is 0. The van der Waals surface area contributed by atoms with Crippen molar-refractivity contribution < 1.29 is 9.53 Å². The van der Waals surface area contributed by atoms with Gasteiger partial charge >= 0.3 is 6.03 Å². The lowest BCUT2D eigenvalue weighted by Gasteiger charge is -2.23. The first kappa shape index (κ1) is 16.1. The summed E-state index contributed by atoms with van der Waals surface area (Å²) in [5.41, 5.74) is 2.66. The van der Waals surface area contributed by atoms with Crippen LogP contribution in [0.3, 0.4) is 0 Å². The highest BCUT2D eigenvalue weighted by Crippen LogP contribution is 2.23. The number of nitrogens with zero attached hydrogens (tertiary/aromatic N) is 2. The molecule has 0 saturated heterocycles. The molecular weight excluding hydrogens is 302 g/mol. The van der Waals surface area contributed by atoms with Gasteiger partial charge in [-0.05, 0) is 37.6 Å². The largest absolute Gasteiger partial charge is 0.497 e. The maximum absolute atomic E-state index is 12.9. The fraction of sp³-hybridized carbons (Fsp3) is 0.263. The topological polar surface area (TPSA) is 53.9 Å². The number of hydrogen-bond acceptors (Lipinski definition) is 3. The van der Waals surface area contributed by atoms with Crippen LogP contribution < -0.4 is 15.0 Å². The van der Waals surface area contributed by atoms with Gasteiger partial charge in [-0.2, -0.15) is 0 Å². The Kier molecular flexibility index (Phi) is 4.79. The van der Waals surface area contributed by atoms with Gasteiger partial charge in [-0.25, -0.2) is 4.79 Å². The lowest BCUT2D eigenvalue weighted by molar-refractivity contribution is 0.259. The number of amides is 2. The minimum atomic E-state index is -0.215. The van der Waals surface area contributed by atoms with Gasteiger partial charge in [-0.15, -0.1) is 0 Å². The molecule has 0 bridgehead atoms. The molecule has 0 unspecified atom stereocenters. The predicted octanol–water partition coefficient (Wildman–Crippen LogP) is 4.23. The molecule has 0 aliphatic carbocycles. The molecule has 1 heterocycles. The smallest absolute Gasteiger partial charge is 0.331 e. The van der Waals surface area contributed by atoms with E-state index in [9.17, 15) is 4.79 Å². The normalized spacial score (nSPS) is 13.3. The third kappa shape index (κ3) is 3.56. The van der Waals surface area contributed by atoms with E-state index in [-0.39, 0.29) is 6.03 Å². The van der Waals surface area contributed by atoms with Crippen LogP contribution in [0.5, 0.6) is 5.75 Å². The molecule has 0 aromatic heterocycles. The molecule has 2 aromatic carbocycles. The number of urea groups is 1. The SMILES string of the molecule is COc1cccc(NC(=O)N(C2=NCCC2)c2ccc(C)cc2)c1. The minimum Gasteiger partial charge on any atom is -0.497 e. The second-order valence-electron chi connectivity index (χ2n) is 5.73. The number of amidine groups is 1. The highest BCUT2D eigenvalue weighted by atomic mass is 16.5. The van der Waals surface area contributed by atoms with E-state index >= 15 is 0 Å². The molecule has 24 heavy (non-hydrogen) atoms. The standard InChI is InChI=1S/C19H21N3O2/c1-14-8-10-16(11-9-14)22(18-7-4-12-20-18)19(23)21-15-5-3-6-17(13-15)24-2/h3,5-6,8-11,13H,4,7,12H2,1-2H3,(H,21,23). The number of aryl methyl sites for hydroxylation is 1. The highest BCUT2D eigenvalue weighted by Gasteiger charge is 2.23. The van der Waals surface area contributed by atoms with E-state index in [1.807, 2.05) is 49.4 Å². The highest BCUT2D eigenvalue weighted by molar-refractivity contribution is 6.20. The predicted molar refractivity (Wildman–Crippen MR) is 97.2 cm³/mol. The van der Waals surface area contributed by atoms with Crippen molar-refractivity contribution in [2.24, 2.45) is 4.99 Å². The summed E-state index contributed by atoms with van der Waals surface area (Å²) in [5, 5.41) is 2.93. The Morgan fingerprint density at radius 1 is 1.21 bits per heavy atom. The molecule has 124 valence electrons. The van der Waals surface area contributed by atoms with Crippen molar-refractivity contribution in [1.29, 1.82) is 0 Å². The number of anilines is 2. The van der Waals surface area contributed by atoms with Crippen molar-refractivity contribution in [2.45, 2.75) is 19.8 Å². The molecular formula is C19H21N3O2. The maximum atomic E-state index is 12.9. The van der Waals surface area contributed by atoms with Crippen LogP contribution in [0.15, 0.2) is 53.5 Å². The molecule has 0 radical (unpaired) electrons. The summed E-state index contributed by atoms with van der Waals surface area (Å²) in [6.07, 6.45) is 1.78. The fourth-order valence-corrected chi connectivity index (χ4v) is 2.66. The summed E-state index contributed by atoms with van der Waals surface area (Å²) in [6.45, 7) is 2.79. The average molecular weight is 323 g/mol. The molecule has 0 spiro atoms. The van der Waals surface area contributed by atoms with Crippen molar-refractivity contribution in [2.75, 3.05) is 23.9 Å². The van der Waals surface area contributed by atoms with Gasteiger partial charge in [0.1, 0.15) is 11.6 Å². The quantitative estimate of drug-likeness (QED) is 0.919. The van der Waals surface area contributed by atoms with Crippen LogP contribution in [0, 0.1) is 6.92 Å². The molecule has 2 aromatic rings. The third-order valence-corrected chi connectivity index (χ3v) is 3.93. The Hall–Kier alpha value is -2.82. The Morgan fingerprint density at radius 2 is 2.00 bits per heavy atom. The van der Waals surface area contributed by atoms with E-state index in [4.69, 9.17) is 4.74 Å². The number of carbonyl (C=O) groups excluding carboxylic acids is 1. The Morgan fingerprint density at radius 3 is 2.67 bits per heavy atom. The van der Waals surface area contributed by atoms with E-state index in [0.29, 0.717) is 11.4 Å². The molecule has 2 amide bonds. The summed E-state index contributed by atoms with van der Waals surface area (Å²) in [4.78, 5) is 19.0. The molecule has 5 heteroatoms. The summed E-state index contributed by atoms with van der Waals surface area (Å²) in [5.74, 6) is 1.51. The second-order valence-corrected chi connectivity index (χ2v) is 5.73. The van der Waals surface area contributed by atoms with Crippen molar-refractivity contribution in [1.82, 2.24) is 0 Å². The van der Waals surface area contributed by atoms with Crippen LogP contribution in [0.25, 0.3) is 0 Å². The van der Waals surface area contributed by atoms with E-state index in [1.165, 1.54) is 0 Å². The summed E-state index contributed by atoms with van der Waals surface area (Å²) in [7, 11) is 1.60. The van der Waals surface area contributed by atoms with E-state index < -0.39 is 0 Å². The van der Waals surface area contributed by atoms with Crippen molar-refractivity contribution in [3.05, 3.63) is 54.1 Å². The zero-order valence-corrected chi connectivity index (χ0v) is 14.0. The molecule has 1 aliphatic heterocycles. The van der Waals surface area contributed by atoms with Crippen LogP contribution >= 0.6 is 0 Å². The Labute approximate surface area is 142 Å². The number of nitrogens with one attached hydrogen (secondary N) is 1. The molecule has 0 atom stereocenters. The average Bonchev–Trinajstić information content (AvgIpc) is 3.11. The fourth-order valence-electron chi connectivity index (χ4n) is 2.66. The van der Waals surface area contributed by atoms with Crippen LogP contribution in [-0.2, 0) is 0 Å². The zero-order chi connectivity index (χ0) is 16.9. The van der Waals surface area contributed by atoms with Crippen molar-refractivity contribution in [3.8, 4) is 5.75 Å². The molecule has 3 rings (SSSR count). The van der Waals surface area contributed by atoms with Gasteiger partial charge in [0.15, 0.2) is 0 Å². The van der Waals surface area contributed by atoms with Gasteiger partial charge in [0, 0.05) is 24.7 Å². The number of aliphatic imine (C=N–C) groups is 1. The van der Waals surface area contributed by atoms with E-state index in [0.717, 1.165) is 36.5 Å². The zero-order valence-electron chi connectivity index (χ0n) is 14.0.